The molecule has 1 atom stereocenters. The lowest BCUT2D eigenvalue weighted by atomic mass is 9.88. The Morgan fingerprint density at radius 3 is 2.94 bits per heavy atom. The second-order valence-corrected chi connectivity index (χ2v) is 5.39. The number of ether oxygens (including phenoxy) is 2. The molecule has 0 fully saturated rings. The van der Waals surface area contributed by atoms with E-state index in [0.29, 0.717) is 13.2 Å². The molecule has 1 unspecified atom stereocenters. The third-order valence-electron chi connectivity index (χ3n) is 3.37. The first-order chi connectivity index (χ1) is 8.27. The first-order valence-corrected chi connectivity index (χ1v) is 6.85. The van der Waals surface area contributed by atoms with Crippen LogP contribution in [0.2, 0.25) is 0 Å². The quantitative estimate of drug-likeness (QED) is 0.800. The highest BCUT2D eigenvalue weighted by molar-refractivity contribution is 9.10. The fourth-order valence-electron chi connectivity index (χ4n) is 2.56. The molecule has 2 aliphatic rings. The molecule has 0 aromatic heterocycles. The Labute approximate surface area is 109 Å². The number of aliphatic hydroxyl groups is 1. The fourth-order valence-corrected chi connectivity index (χ4v) is 3.18. The topological polar surface area (TPSA) is 38.7 Å². The molecule has 1 aromatic carbocycles. The zero-order valence-electron chi connectivity index (χ0n) is 9.54. The first kappa shape index (κ1) is 11.4. The molecule has 1 N–H and O–H groups in total. The summed E-state index contributed by atoms with van der Waals surface area (Å²) in [4.78, 5) is 0. The summed E-state index contributed by atoms with van der Waals surface area (Å²) in [5.74, 6) is 1.52. The molecular formula is C13H15BrO3. The van der Waals surface area contributed by atoms with Gasteiger partial charge in [0.15, 0.2) is 11.5 Å². The molecule has 3 nitrogen and oxygen atoms in total. The van der Waals surface area contributed by atoms with E-state index in [1.54, 1.807) is 0 Å². The van der Waals surface area contributed by atoms with Crippen LogP contribution in [0, 0.1) is 0 Å². The summed E-state index contributed by atoms with van der Waals surface area (Å²) in [6.45, 7) is 1.34. The minimum atomic E-state index is -0.424. The number of hydrogen-bond acceptors (Lipinski definition) is 3. The molecule has 0 amide bonds. The van der Waals surface area contributed by atoms with E-state index in [4.69, 9.17) is 9.47 Å². The largest absolute Gasteiger partial charge is 0.490 e. The van der Waals surface area contributed by atoms with E-state index in [-0.39, 0.29) is 0 Å². The predicted molar refractivity (Wildman–Crippen MR) is 67.6 cm³/mol. The van der Waals surface area contributed by atoms with Gasteiger partial charge in [0, 0.05) is 16.5 Å². The summed E-state index contributed by atoms with van der Waals surface area (Å²) < 4.78 is 12.5. The lowest BCUT2D eigenvalue weighted by molar-refractivity contribution is 0.150. The number of rotatable bonds is 0. The summed E-state index contributed by atoms with van der Waals surface area (Å²) in [6, 6.07) is 1.97. The Kier molecular flexibility index (Phi) is 3.01. The molecule has 3 rings (SSSR count). The average molecular weight is 299 g/mol. The van der Waals surface area contributed by atoms with E-state index in [2.05, 4.69) is 15.9 Å². The van der Waals surface area contributed by atoms with Gasteiger partial charge in [-0.05, 0) is 30.9 Å². The van der Waals surface area contributed by atoms with E-state index in [0.717, 1.165) is 47.2 Å². The van der Waals surface area contributed by atoms with Gasteiger partial charge >= 0.3 is 0 Å². The van der Waals surface area contributed by atoms with Crippen LogP contribution in [0.15, 0.2) is 10.5 Å². The monoisotopic (exact) mass is 298 g/mol. The van der Waals surface area contributed by atoms with Crippen molar-refractivity contribution in [1.29, 1.82) is 0 Å². The molecule has 17 heavy (non-hydrogen) atoms. The van der Waals surface area contributed by atoms with Crippen molar-refractivity contribution in [3.8, 4) is 11.5 Å². The van der Waals surface area contributed by atoms with Gasteiger partial charge in [-0.15, -0.1) is 0 Å². The summed E-state index contributed by atoms with van der Waals surface area (Å²) in [5.41, 5.74) is 2.11. The third kappa shape index (κ3) is 1.93. The number of fused-ring (bicyclic) bond motifs is 3. The molecule has 1 aliphatic heterocycles. The van der Waals surface area contributed by atoms with Crippen molar-refractivity contribution in [3.05, 3.63) is 21.7 Å². The number of benzene rings is 1. The molecular weight excluding hydrogens is 284 g/mol. The number of hydrogen-bond donors (Lipinski definition) is 1. The van der Waals surface area contributed by atoms with E-state index in [1.807, 2.05) is 6.07 Å². The zero-order chi connectivity index (χ0) is 11.8. The van der Waals surface area contributed by atoms with E-state index < -0.39 is 6.10 Å². The second-order valence-electron chi connectivity index (χ2n) is 4.54. The zero-order valence-corrected chi connectivity index (χ0v) is 11.1. The average Bonchev–Trinajstić information content (AvgIpc) is 2.55. The maximum absolute atomic E-state index is 10.2. The second kappa shape index (κ2) is 4.50. The van der Waals surface area contributed by atoms with Gasteiger partial charge in [-0.1, -0.05) is 15.9 Å². The maximum Gasteiger partial charge on any atom is 0.167 e. The van der Waals surface area contributed by atoms with Crippen LogP contribution in [0.4, 0.5) is 0 Å². The first-order valence-electron chi connectivity index (χ1n) is 6.06. The van der Waals surface area contributed by atoms with Crippen LogP contribution in [0.3, 0.4) is 0 Å². The summed E-state index contributed by atoms with van der Waals surface area (Å²) >= 11 is 3.57. The fraction of sp³-hybridized carbons (Fsp3) is 0.538. The van der Waals surface area contributed by atoms with Crippen molar-refractivity contribution in [2.75, 3.05) is 13.2 Å². The highest BCUT2D eigenvalue weighted by Gasteiger charge is 2.28. The van der Waals surface area contributed by atoms with Crippen molar-refractivity contribution >= 4 is 15.9 Å². The molecule has 1 aromatic rings. The van der Waals surface area contributed by atoms with Gasteiger partial charge < -0.3 is 14.6 Å². The van der Waals surface area contributed by atoms with Gasteiger partial charge in [-0.3, -0.25) is 0 Å². The molecule has 0 spiro atoms. The van der Waals surface area contributed by atoms with E-state index >= 15 is 0 Å². The van der Waals surface area contributed by atoms with Crippen molar-refractivity contribution in [2.24, 2.45) is 0 Å². The Hall–Kier alpha value is -0.740. The third-order valence-corrected chi connectivity index (χ3v) is 4.08. The van der Waals surface area contributed by atoms with E-state index in [1.165, 1.54) is 5.56 Å². The van der Waals surface area contributed by atoms with Crippen molar-refractivity contribution < 1.29 is 14.6 Å². The van der Waals surface area contributed by atoms with Gasteiger partial charge in [0.1, 0.15) is 0 Å². The van der Waals surface area contributed by atoms with Gasteiger partial charge in [-0.2, -0.15) is 0 Å². The Morgan fingerprint density at radius 1 is 1.24 bits per heavy atom. The molecule has 0 saturated heterocycles. The van der Waals surface area contributed by atoms with Gasteiger partial charge in [-0.25, -0.2) is 0 Å². The maximum atomic E-state index is 10.2. The van der Waals surface area contributed by atoms with Crippen molar-refractivity contribution in [2.45, 2.75) is 31.8 Å². The molecule has 92 valence electrons. The van der Waals surface area contributed by atoms with Crippen LogP contribution in [-0.2, 0) is 6.42 Å². The molecule has 1 heterocycles. The summed E-state index contributed by atoms with van der Waals surface area (Å²) in [7, 11) is 0. The number of halogens is 1. The Bertz CT molecular complexity index is 445. The van der Waals surface area contributed by atoms with Crippen LogP contribution >= 0.6 is 15.9 Å². The van der Waals surface area contributed by atoms with Crippen LogP contribution in [0.5, 0.6) is 11.5 Å². The van der Waals surface area contributed by atoms with E-state index in [9.17, 15) is 5.11 Å². The molecule has 1 aliphatic carbocycles. The molecule has 0 bridgehead atoms. The van der Waals surface area contributed by atoms with Crippen LogP contribution in [0.25, 0.3) is 0 Å². The predicted octanol–water partition coefficient (Wildman–Crippen LogP) is 2.98. The minimum Gasteiger partial charge on any atom is -0.490 e. The van der Waals surface area contributed by atoms with Crippen LogP contribution in [-0.4, -0.2) is 18.3 Å². The normalized spacial score (nSPS) is 22.8. The molecule has 0 saturated carbocycles. The Morgan fingerprint density at radius 2 is 2.06 bits per heavy atom. The van der Waals surface area contributed by atoms with Gasteiger partial charge in [0.2, 0.25) is 0 Å². The number of aliphatic hydroxyl groups excluding tert-OH is 1. The Balaban J connectivity index is 2.18. The smallest absolute Gasteiger partial charge is 0.167 e. The summed E-state index contributed by atoms with van der Waals surface area (Å²) in [6.07, 6.45) is 3.28. The van der Waals surface area contributed by atoms with Gasteiger partial charge in [0.05, 0.1) is 19.3 Å². The lowest BCUT2D eigenvalue weighted by Gasteiger charge is -2.26. The van der Waals surface area contributed by atoms with Crippen molar-refractivity contribution in [3.63, 3.8) is 0 Å². The lowest BCUT2D eigenvalue weighted by Crippen LogP contribution is -2.12. The van der Waals surface area contributed by atoms with Crippen LogP contribution < -0.4 is 9.47 Å². The van der Waals surface area contributed by atoms with Crippen molar-refractivity contribution in [1.82, 2.24) is 0 Å². The van der Waals surface area contributed by atoms with Gasteiger partial charge in [0.25, 0.3) is 0 Å². The highest BCUT2D eigenvalue weighted by atomic mass is 79.9. The highest BCUT2D eigenvalue weighted by Crippen LogP contribution is 2.46. The molecule has 0 radical (unpaired) electrons. The SMILES string of the molecule is OC1CCCc2c(Br)cc3c(c21)OCCCO3. The molecule has 4 heteroatoms. The standard InChI is InChI=1S/C13H15BrO3/c14-9-7-11-13(17-6-2-5-16-11)12-8(9)3-1-4-10(12)15/h7,10,15H,1-6H2. The minimum absolute atomic E-state index is 0.424. The summed E-state index contributed by atoms with van der Waals surface area (Å²) in [5, 5.41) is 10.2. The van der Waals surface area contributed by atoms with Crippen LogP contribution in [0.1, 0.15) is 36.5 Å².